The van der Waals surface area contributed by atoms with Crippen molar-refractivity contribution in [3.05, 3.63) is 23.8 Å². The summed E-state index contributed by atoms with van der Waals surface area (Å²) in [5, 5.41) is 2.07. The zero-order valence-corrected chi connectivity index (χ0v) is 14.6. The third-order valence-electron chi connectivity index (χ3n) is 3.29. The van der Waals surface area contributed by atoms with Crippen LogP contribution in [0.1, 0.15) is 25.8 Å². The molecule has 0 saturated carbocycles. The molecule has 1 aromatic carbocycles. The molecule has 3 amide bonds. The smallest absolute Gasteiger partial charge is 0.321 e. The van der Waals surface area contributed by atoms with Crippen molar-refractivity contribution in [3.63, 3.8) is 0 Å². The van der Waals surface area contributed by atoms with Crippen LogP contribution in [0.2, 0.25) is 0 Å². The lowest BCUT2D eigenvalue weighted by molar-refractivity contribution is -0.118. The maximum Gasteiger partial charge on any atom is 0.321 e. The minimum atomic E-state index is -3.49. The predicted molar refractivity (Wildman–Crippen MR) is 89.0 cm³/mol. The number of nitrogens with zero attached hydrogens (tertiary/aromatic N) is 1. The van der Waals surface area contributed by atoms with E-state index in [9.17, 15) is 18.0 Å². The highest BCUT2D eigenvalue weighted by Gasteiger charge is 2.23. The topological polar surface area (TPSA) is 110 Å². The van der Waals surface area contributed by atoms with Gasteiger partial charge in [0.15, 0.2) is 9.84 Å². The van der Waals surface area contributed by atoms with Gasteiger partial charge in [-0.25, -0.2) is 13.2 Å². The summed E-state index contributed by atoms with van der Waals surface area (Å²) in [6.07, 6.45) is 0.230. The first-order valence-corrected chi connectivity index (χ1v) is 8.73. The number of primary amides is 1. The van der Waals surface area contributed by atoms with Crippen LogP contribution >= 0.6 is 0 Å². The molecule has 0 aromatic heterocycles. The van der Waals surface area contributed by atoms with Crippen LogP contribution in [0.15, 0.2) is 23.1 Å². The van der Waals surface area contributed by atoms with Crippen molar-refractivity contribution in [2.24, 2.45) is 5.73 Å². The van der Waals surface area contributed by atoms with E-state index in [1.165, 1.54) is 17.0 Å². The standard InChI is InChI=1S/C15H23N3O4S/c1-10(2)23(21,22)13-7-6-12(17-15(20)18(3)4)9-11(13)5-8-14(16)19/h6-7,9-10H,5,8H2,1-4H3,(H2,16,19)(H,17,20). The number of aryl methyl sites for hydroxylation is 1. The summed E-state index contributed by atoms with van der Waals surface area (Å²) in [6.45, 7) is 3.18. The lowest BCUT2D eigenvalue weighted by atomic mass is 10.1. The van der Waals surface area contributed by atoms with Crippen molar-refractivity contribution in [2.45, 2.75) is 36.8 Å². The Hall–Kier alpha value is -2.09. The number of sulfone groups is 1. The summed E-state index contributed by atoms with van der Waals surface area (Å²) in [6, 6.07) is 4.23. The molecule has 0 fully saturated rings. The van der Waals surface area contributed by atoms with Crippen LogP contribution in [0.5, 0.6) is 0 Å². The number of anilines is 1. The van der Waals surface area contributed by atoms with E-state index < -0.39 is 21.0 Å². The van der Waals surface area contributed by atoms with Gasteiger partial charge in [0.1, 0.15) is 0 Å². The highest BCUT2D eigenvalue weighted by atomic mass is 32.2. The van der Waals surface area contributed by atoms with Gasteiger partial charge in [0.2, 0.25) is 5.91 Å². The van der Waals surface area contributed by atoms with Crippen molar-refractivity contribution < 1.29 is 18.0 Å². The van der Waals surface area contributed by atoms with Crippen molar-refractivity contribution in [3.8, 4) is 0 Å². The van der Waals surface area contributed by atoms with Gasteiger partial charge in [-0.2, -0.15) is 0 Å². The van der Waals surface area contributed by atoms with Gasteiger partial charge in [-0.05, 0) is 44.0 Å². The molecule has 128 valence electrons. The molecule has 1 aromatic rings. The van der Waals surface area contributed by atoms with Gasteiger partial charge >= 0.3 is 6.03 Å². The Morgan fingerprint density at radius 3 is 2.35 bits per heavy atom. The molecule has 0 aliphatic carbocycles. The normalized spacial score (nSPS) is 11.3. The lowest BCUT2D eigenvalue weighted by Crippen LogP contribution is -2.27. The van der Waals surface area contributed by atoms with Crippen LogP contribution in [0.3, 0.4) is 0 Å². The quantitative estimate of drug-likeness (QED) is 0.814. The number of carbonyl (C=O) groups is 2. The van der Waals surface area contributed by atoms with E-state index in [0.29, 0.717) is 11.3 Å². The molecule has 7 nitrogen and oxygen atoms in total. The number of urea groups is 1. The first-order valence-electron chi connectivity index (χ1n) is 7.19. The molecular weight excluding hydrogens is 318 g/mol. The molecule has 8 heteroatoms. The Bertz CT molecular complexity index is 697. The minimum Gasteiger partial charge on any atom is -0.370 e. The van der Waals surface area contributed by atoms with E-state index in [2.05, 4.69) is 5.32 Å². The van der Waals surface area contributed by atoms with E-state index in [0.717, 1.165) is 0 Å². The predicted octanol–water partition coefficient (Wildman–Crippen LogP) is 1.38. The minimum absolute atomic E-state index is 0.0334. The Labute approximate surface area is 136 Å². The average Bonchev–Trinajstić information content (AvgIpc) is 2.44. The molecule has 0 spiro atoms. The van der Waals surface area contributed by atoms with Gasteiger partial charge < -0.3 is 16.0 Å². The highest BCUT2D eigenvalue weighted by Crippen LogP contribution is 2.25. The molecule has 0 radical (unpaired) electrons. The maximum atomic E-state index is 12.4. The highest BCUT2D eigenvalue weighted by molar-refractivity contribution is 7.92. The molecule has 0 atom stereocenters. The molecule has 3 N–H and O–H groups in total. The first kappa shape index (κ1) is 19.0. The van der Waals surface area contributed by atoms with E-state index in [4.69, 9.17) is 5.73 Å². The van der Waals surface area contributed by atoms with Crippen molar-refractivity contribution in [2.75, 3.05) is 19.4 Å². The number of nitrogens with one attached hydrogen (secondary N) is 1. The summed E-state index contributed by atoms with van der Waals surface area (Å²) in [5.41, 5.74) is 6.08. The Morgan fingerprint density at radius 2 is 1.87 bits per heavy atom. The lowest BCUT2D eigenvalue weighted by Gasteiger charge is -2.16. The monoisotopic (exact) mass is 341 g/mol. The van der Waals surface area contributed by atoms with Gasteiger partial charge in [-0.1, -0.05) is 0 Å². The largest absolute Gasteiger partial charge is 0.370 e. The van der Waals surface area contributed by atoms with Gasteiger partial charge in [-0.3, -0.25) is 4.79 Å². The fourth-order valence-electron chi connectivity index (χ4n) is 1.88. The maximum absolute atomic E-state index is 12.4. The summed E-state index contributed by atoms with van der Waals surface area (Å²) in [4.78, 5) is 24.2. The fourth-order valence-corrected chi connectivity index (χ4v) is 3.17. The molecule has 0 bridgehead atoms. The summed E-state index contributed by atoms with van der Waals surface area (Å²) >= 11 is 0. The molecule has 23 heavy (non-hydrogen) atoms. The van der Waals surface area contributed by atoms with Crippen LogP contribution in [0, 0.1) is 0 Å². The number of carbonyl (C=O) groups excluding carboxylic acids is 2. The number of rotatable bonds is 6. The summed E-state index contributed by atoms with van der Waals surface area (Å²) < 4.78 is 24.9. The first-order chi connectivity index (χ1) is 10.6. The Morgan fingerprint density at radius 1 is 1.26 bits per heavy atom. The zero-order valence-electron chi connectivity index (χ0n) is 13.8. The van der Waals surface area contributed by atoms with E-state index >= 15 is 0 Å². The van der Waals surface area contributed by atoms with Crippen molar-refractivity contribution >= 4 is 27.5 Å². The molecule has 0 unspecified atom stereocenters. The van der Waals surface area contributed by atoms with Gasteiger partial charge in [0, 0.05) is 26.2 Å². The van der Waals surface area contributed by atoms with Crippen LogP contribution in [-0.4, -0.2) is 44.6 Å². The summed E-state index contributed by atoms with van der Waals surface area (Å²) in [7, 11) is -0.296. The number of hydrogen-bond donors (Lipinski definition) is 2. The second-order valence-corrected chi connectivity index (χ2v) is 8.18. The van der Waals surface area contributed by atoms with E-state index in [-0.39, 0.29) is 23.8 Å². The molecule has 0 heterocycles. The van der Waals surface area contributed by atoms with E-state index in [1.54, 1.807) is 34.0 Å². The van der Waals surface area contributed by atoms with Crippen molar-refractivity contribution in [1.29, 1.82) is 0 Å². The second kappa shape index (κ2) is 7.45. The molecule has 0 aliphatic heterocycles. The summed E-state index contributed by atoms with van der Waals surface area (Å²) in [5.74, 6) is -0.513. The second-order valence-electron chi connectivity index (χ2n) is 5.71. The fraction of sp³-hybridized carbons (Fsp3) is 0.467. The third kappa shape index (κ3) is 4.95. The van der Waals surface area contributed by atoms with Crippen LogP contribution in [0.4, 0.5) is 10.5 Å². The third-order valence-corrected chi connectivity index (χ3v) is 5.54. The number of nitrogens with two attached hydrogens (primary N) is 1. The number of amides is 3. The number of hydrogen-bond acceptors (Lipinski definition) is 4. The molecule has 0 aliphatic rings. The van der Waals surface area contributed by atoms with Crippen molar-refractivity contribution in [1.82, 2.24) is 4.90 Å². The SMILES string of the molecule is CC(C)S(=O)(=O)c1ccc(NC(=O)N(C)C)cc1CCC(N)=O. The molecule has 0 saturated heterocycles. The average molecular weight is 341 g/mol. The zero-order chi connectivity index (χ0) is 17.8. The van der Waals surface area contributed by atoms with Gasteiger partial charge in [0.25, 0.3) is 0 Å². The molecule has 1 rings (SSSR count). The van der Waals surface area contributed by atoms with Crippen LogP contribution in [-0.2, 0) is 21.1 Å². The van der Waals surface area contributed by atoms with Gasteiger partial charge in [0.05, 0.1) is 10.1 Å². The number of benzene rings is 1. The van der Waals surface area contributed by atoms with Crippen LogP contribution in [0.25, 0.3) is 0 Å². The van der Waals surface area contributed by atoms with Gasteiger partial charge in [-0.15, -0.1) is 0 Å². The Balaban J connectivity index is 3.26. The Kier molecular flexibility index (Phi) is 6.14. The van der Waals surface area contributed by atoms with E-state index in [1.807, 2.05) is 0 Å². The van der Waals surface area contributed by atoms with Crippen LogP contribution < -0.4 is 11.1 Å². The molecular formula is C15H23N3O4S.